The van der Waals surface area contributed by atoms with Crippen molar-refractivity contribution < 1.29 is 9.84 Å². The van der Waals surface area contributed by atoms with Gasteiger partial charge < -0.3 is 20.5 Å². The summed E-state index contributed by atoms with van der Waals surface area (Å²) in [4.78, 5) is 4.57. The Labute approximate surface area is 139 Å². The van der Waals surface area contributed by atoms with E-state index in [1.54, 1.807) is 10.7 Å². The first-order chi connectivity index (χ1) is 11.8. The summed E-state index contributed by atoms with van der Waals surface area (Å²) < 4.78 is 7.27. The third kappa shape index (κ3) is 2.52. The van der Waals surface area contributed by atoms with Crippen molar-refractivity contribution in [3.63, 3.8) is 0 Å². The number of rotatable bonds is 5. The van der Waals surface area contributed by atoms with Crippen LogP contribution in [-0.2, 0) is 6.42 Å². The van der Waals surface area contributed by atoms with Gasteiger partial charge in [0, 0.05) is 23.7 Å². The SMILES string of the molecule is CCOc1ccc(Nc2c3c(nc4ccnn24)NC(CO)C3)cc1. The molecule has 0 spiro atoms. The molecule has 1 atom stereocenters. The zero-order chi connectivity index (χ0) is 16.5. The van der Waals surface area contributed by atoms with Gasteiger partial charge in [0.15, 0.2) is 5.65 Å². The Kier molecular flexibility index (Phi) is 3.70. The number of aliphatic hydroxyl groups excluding tert-OH is 1. The Hall–Kier alpha value is -2.80. The van der Waals surface area contributed by atoms with E-state index in [2.05, 4.69) is 20.7 Å². The molecule has 1 aliphatic heterocycles. The summed E-state index contributed by atoms with van der Waals surface area (Å²) in [5.74, 6) is 2.51. The number of aliphatic hydroxyl groups is 1. The summed E-state index contributed by atoms with van der Waals surface area (Å²) >= 11 is 0. The van der Waals surface area contributed by atoms with Crippen molar-refractivity contribution in [2.24, 2.45) is 0 Å². The molecule has 3 heterocycles. The second-order valence-corrected chi connectivity index (χ2v) is 5.70. The smallest absolute Gasteiger partial charge is 0.159 e. The van der Waals surface area contributed by atoms with Gasteiger partial charge in [0.2, 0.25) is 0 Å². The summed E-state index contributed by atoms with van der Waals surface area (Å²) in [5, 5.41) is 20.5. The summed E-state index contributed by atoms with van der Waals surface area (Å²) in [7, 11) is 0. The van der Waals surface area contributed by atoms with Crippen molar-refractivity contribution in [3.05, 3.63) is 42.1 Å². The van der Waals surface area contributed by atoms with Crippen LogP contribution in [0.3, 0.4) is 0 Å². The zero-order valence-corrected chi connectivity index (χ0v) is 13.4. The molecule has 3 N–H and O–H groups in total. The molecule has 2 aromatic heterocycles. The maximum absolute atomic E-state index is 9.44. The molecule has 0 radical (unpaired) electrons. The van der Waals surface area contributed by atoms with Gasteiger partial charge in [0.1, 0.15) is 17.4 Å². The highest BCUT2D eigenvalue weighted by Gasteiger charge is 2.26. The monoisotopic (exact) mass is 325 g/mol. The molecule has 0 fully saturated rings. The topological polar surface area (TPSA) is 83.7 Å². The molecule has 3 aromatic rings. The lowest BCUT2D eigenvalue weighted by Crippen LogP contribution is -2.19. The fourth-order valence-electron chi connectivity index (χ4n) is 2.96. The normalized spacial score (nSPS) is 16.0. The van der Waals surface area contributed by atoms with Crippen LogP contribution < -0.4 is 15.4 Å². The molecular formula is C17H19N5O2. The fraction of sp³-hybridized carbons (Fsp3) is 0.294. The molecule has 1 aromatic carbocycles. The number of hydrogen-bond donors (Lipinski definition) is 3. The van der Waals surface area contributed by atoms with Gasteiger partial charge in [-0.25, -0.2) is 4.98 Å². The van der Waals surface area contributed by atoms with Crippen molar-refractivity contribution in [1.82, 2.24) is 14.6 Å². The van der Waals surface area contributed by atoms with Crippen LogP contribution in [0.2, 0.25) is 0 Å². The molecule has 1 unspecified atom stereocenters. The van der Waals surface area contributed by atoms with Crippen molar-refractivity contribution in [3.8, 4) is 5.75 Å². The maximum atomic E-state index is 9.44. The first-order valence-corrected chi connectivity index (χ1v) is 8.02. The number of aromatic nitrogens is 3. The number of benzene rings is 1. The lowest BCUT2D eigenvalue weighted by molar-refractivity contribution is 0.277. The summed E-state index contributed by atoms with van der Waals surface area (Å²) in [6.07, 6.45) is 2.43. The average molecular weight is 325 g/mol. The zero-order valence-electron chi connectivity index (χ0n) is 13.4. The summed E-state index contributed by atoms with van der Waals surface area (Å²) in [6.45, 7) is 2.68. The fourth-order valence-corrected chi connectivity index (χ4v) is 2.96. The van der Waals surface area contributed by atoms with E-state index in [0.29, 0.717) is 13.0 Å². The minimum Gasteiger partial charge on any atom is -0.494 e. The van der Waals surface area contributed by atoms with E-state index in [1.807, 2.05) is 37.3 Å². The second kappa shape index (κ2) is 6.01. The van der Waals surface area contributed by atoms with Crippen LogP contribution in [0.25, 0.3) is 5.65 Å². The Morgan fingerprint density at radius 1 is 1.33 bits per heavy atom. The van der Waals surface area contributed by atoms with Crippen molar-refractivity contribution in [2.45, 2.75) is 19.4 Å². The van der Waals surface area contributed by atoms with Crippen LogP contribution in [-0.4, -0.2) is 39.0 Å². The number of ether oxygens (including phenoxy) is 1. The molecule has 0 saturated carbocycles. The minimum atomic E-state index is -0.0134. The first kappa shape index (κ1) is 14.8. The van der Waals surface area contributed by atoms with Crippen LogP contribution >= 0.6 is 0 Å². The van der Waals surface area contributed by atoms with Gasteiger partial charge in [-0.2, -0.15) is 9.61 Å². The van der Waals surface area contributed by atoms with Crippen LogP contribution in [0, 0.1) is 0 Å². The van der Waals surface area contributed by atoms with E-state index < -0.39 is 0 Å². The van der Waals surface area contributed by atoms with E-state index in [0.717, 1.165) is 34.3 Å². The largest absolute Gasteiger partial charge is 0.494 e. The van der Waals surface area contributed by atoms with Gasteiger partial charge in [-0.3, -0.25) is 0 Å². The average Bonchev–Trinajstić information content (AvgIpc) is 3.22. The highest BCUT2D eigenvalue weighted by Crippen LogP contribution is 2.33. The van der Waals surface area contributed by atoms with Gasteiger partial charge in [-0.15, -0.1) is 0 Å². The van der Waals surface area contributed by atoms with Gasteiger partial charge >= 0.3 is 0 Å². The number of hydrogen-bond acceptors (Lipinski definition) is 6. The quantitative estimate of drug-likeness (QED) is 0.667. The van der Waals surface area contributed by atoms with Gasteiger partial charge in [0.25, 0.3) is 0 Å². The molecule has 4 rings (SSSR count). The lowest BCUT2D eigenvalue weighted by atomic mass is 10.1. The van der Waals surface area contributed by atoms with Gasteiger partial charge in [0.05, 0.1) is 25.5 Å². The van der Waals surface area contributed by atoms with E-state index in [1.165, 1.54) is 0 Å². The molecule has 7 heteroatoms. The van der Waals surface area contributed by atoms with E-state index in [9.17, 15) is 5.11 Å². The number of nitrogens with zero attached hydrogens (tertiary/aromatic N) is 3. The Bertz CT molecular complexity index is 859. The first-order valence-electron chi connectivity index (χ1n) is 8.02. The molecular weight excluding hydrogens is 306 g/mol. The van der Waals surface area contributed by atoms with Crippen molar-refractivity contribution >= 4 is 23.0 Å². The third-order valence-electron chi connectivity index (χ3n) is 4.07. The van der Waals surface area contributed by atoms with Crippen LogP contribution in [0.5, 0.6) is 5.75 Å². The predicted molar refractivity (Wildman–Crippen MR) is 92.1 cm³/mol. The molecule has 24 heavy (non-hydrogen) atoms. The molecule has 7 nitrogen and oxygen atoms in total. The number of anilines is 3. The van der Waals surface area contributed by atoms with Crippen molar-refractivity contribution in [1.29, 1.82) is 0 Å². The number of nitrogens with one attached hydrogen (secondary N) is 2. The van der Waals surface area contributed by atoms with Gasteiger partial charge in [-0.1, -0.05) is 0 Å². The molecule has 0 amide bonds. The third-order valence-corrected chi connectivity index (χ3v) is 4.07. The predicted octanol–water partition coefficient (Wildman–Crippen LogP) is 2.20. The Balaban J connectivity index is 1.72. The van der Waals surface area contributed by atoms with Crippen molar-refractivity contribution in [2.75, 3.05) is 23.8 Å². The van der Waals surface area contributed by atoms with E-state index >= 15 is 0 Å². The molecule has 0 aliphatic carbocycles. The molecule has 1 aliphatic rings. The second-order valence-electron chi connectivity index (χ2n) is 5.70. The van der Waals surface area contributed by atoms with Crippen LogP contribution in [0.1, 0.15) is 12.5 Å². The Morgan fingerprint density at radius 3 is 2.92 bits per heavy atom. The van der Waals surface area contributed by atoms with Crippen LogP contribution in [0.4, 0.5) is 17.3 Å². The highest BCUT2D eigenvalue weighted by atomic mass is 16.5. The van der Waals surface area contributed by atoms with Crippen LogP contribution in [0.15, 0.2) is 36.5 Å². The Morgan fingerprint density at radius 2 is 2.17 bits per heavy atom. The molecule has 0 saturated heterocycles. The molecule has 124 valence electrons. The lowest BCUT2D eigenvalue weighted by Gasteiger charge is -2.13. The molecule has 0 bridgehead atoms. The number of fused-ring (bicyclic) bond motifs is 2. The summed E-state index contributed by atoms with van der Waals surface area (Å²) in [5.41, 5.74) is 2.73. The van der Waals surface area contributed by atoms with E-state index in [4.69, 9.17) is 4.74 Å². The summed E-state index contributed by atoms with van der Waals surface area (Å²) in [6, 6.07) is 9.65. The maximum Gasteiger partial charge on any atom is 0.159 e. The minimum absolute atomic E-state index is 0.0134. The highest BCUT2D eigenvalue weighted by molar-refractivity contribution is 5.71. The standard InChI is InChI=1S/C17H19N5O2/c1-2-24-13-5-3-11(4-6-13)20-17-14-9-12(10-23)19-16(14)21-15-7-8-18-22(15)17/h3-8,12,20,23H,2,9-10H2,1H3,(H,19,21). The van der Waals surface area contributed by atoms with Gasteiger partial charge in [-0.05, 0) is 31.2 Å². The van der Waals surface area contributed by atoms with E-state index in [-0.39, 0.29) is 12.6 Å².